The van der Waals surface area contributed by atoms with E-state index in [-0.39, 0.29) is 23.6 Å². The zero-order valence-electron chi connectivity index (χ0n) is 15.0. The first-order valence-corrected chi connectivity index (χ1v) is 8.40. The summed E-state index contributed by atoms with van der Waals surface area (Å²) in [7, 11) is 0. The molecule has 0 aliphatic carbocycles. The van der Waals surface area contributed by atoms with Gasteiger partial charge in [0, 0.05) is 25.7 Å². The van der Waals surface area contributed by atoms with Crippen LogP contribution in [0.4, 0.5) is 19.0 Å². The first-order valence-electron chi connectivity index (χ1n) is 8.40. The molecule has 0 radical (unpaired) electrons. The minimum Gasteiger partial charge on any atom is -0.381 e. The lowest BCUT2D eigenvalue weighted by molar-refractivity contribution is -0.141. The standard InChI is InChI=1S/C16H24F3N5O2/c1-15(2,3)22-14(20-12-9-11(23-24-12)16(17,18)19)21-13(25)8-10-4-6-26-7-5-10/h9-10H,4-8H2,1-3H3,(H3,20,21,22,23,24,25). The maximum Gasteiger partial charge on any atom is 0.432 e. The summed E-state index contributed by atoms with van der Waals surface area (Å²) in [4.78, 5) is 16.6. The van der Waals surface area contributed by atoms with Crippen molar-refractivity contribution in [3.8, 4) is 0 Å². The number of rotatable bonds is 3. The van der Waals surface area contributed by atoms with Crippen LogP contribution >= 0.6 is 0 Å². The Balaban J connectivity index is 2.05. The number of aliphatic imine (C=N–C) groups is 1. The number of aromatic amines is 1. The molecule has 7 nitrogen and oxygen atoms in total. The van der Waals surface area contributed by atoms with Crippen molar-refractivity contribution in [2.75, 3.05) is 18.5 Å². The maximum absolute atomic E-state index is 12.7. The third kappa shape index (κ3) is 6.66. The molecule has 26 heavy (non-hydrogen) atoms. The van der Waals surface area contributed by atoms with Crippen LogP contribution in [0.25, 0.3) is 0 Å². The summed E-state index contributed by atoms with van der Waals surface area (Å²) < 4.78 is 43.3. The van der Waals surface area contributed by atoms with Gasteiger partial charge in [-0.05, 0) is 39.5 Å². The van der Waals surface area contributed by atoms with Gasteiger partial charge < -0.3 is 10.1 Å². The van der Waals surface area contributed by atoms with Crippen molar-refractivity contribution in [2.45, 2.75) is 51.7 Å². The molecule has 2 heterocycles. The fourth-order valence-electron chi connectivity index (χ4n) is 2.47. The van der Waals surface area contributed by atoms with Crippen molar-refractivity contribution in [1.29, 1.82) is 0 Å². The van der Waals surface area contributed by atoms with Gasteiger partial charge in [-0.1, -0.05) is 0 Å². The van der Waals surface area contributed by atoms with E-state index >= 15 is 0 Å². The molecule has 1 amide bonds. The van der Waals surface area contributed by atoms with Gasteiger partial charge in [0.1, 0.15) is 5.69 Å². The Hall–Kier alpha value is -2.10. The Bertz CT molecular complexity index is 643. The van der Waals surface area contributed by atoms with Gasteiger partial charge in [0.15, 0.2) is 5.82 Å². The highest BCUT2D eigenvalue weighted by Crippen LogP contribution is 2.28. The van der Waals surface area contributed by atoms with Gasteiger partial charge in [0.2, 0.25) is 11.9 Å². The Morgan fingerprint density at radius 2 is 2.00 bits per heavy atom. The lowest BCUT2D eigenvalue weighted by Crippen LogP contribution is -2.39. The molecular weight excluding hydrogens is 351 g/mol. The summed E-state index contributed by atoms with van der Waals surface area (Å²) >= 11 is 0. The number of nitrogens with zero attached hydrogens (tertiary/aromatic N) is 2. The minimum absolute atomic E-state index is 0.0646. The number of anilines is 1. The molecule has 1 aromatic heterocycles. The number of guanidine groups is 1. The maximum atomic E-state index is 12.7. The summed E-state index contributed by atoms with van der Waals surface area (Å²) in [6, 6.07) is 0.822. The van der Waals surface area contributed by atoms with Crippen molar-refractivity contribution >= 4 is 17.7 Å². The molecule has 0 saturated carbocycles. The number of H-pyrrole nitrogens is 1. The highest BCUT2D eigenvalue weighted by molar-refractivity contribution is 6.03. The Kier molecular flexibility index (Phi) is 6.27. The van der Waals surface area contributed by atoms with E-state index in [1.54, 1.807) is 0 Å². The molecule has 0 atom stereocenters. The second kappa shape index (κ2) is 8.07. The van der Waals surface area contributed by atoms with Crippen LogP contribution in [0.1, 0.15) is 45.7 Å². The van der Waals surface area contributed by atoms with E-state index in [2.05, 4.69) is 20.7 Å². The van der Waals surface area contributed by atoms with E-state index in [1.165, 1.54) is 0 Å². The van der Waals surface area contributed by atoms with Gasteiger partial charge in [-0.3, -0.25) is 15.2 Å². The zero-order chi connectivity index (χ0) is 19.4. The molecule has 1 saturated heterocycles. The average molecular weight is 375 g/mol. The fraction of sp³-hybridized carbons (Fsp3) is 0.688. The van der Waals surface area contributed by atoms with Gasteiger partial charge in [-0.15, -0.1) is 0 Å². The predicted octanol–water partition coefficient (Wildman–Crippen LogP) is 2.93. The first-order chi connectivity index (χ1) is 12.0. The van der Waals surface area contributed by atoms with E-state index in [0.29, 0.717) is 19.6 Å². The normalized spacial score (nSPS) is 17.2. The van der Waals surface area contributed by atoms with E-state index in [4.69, 9.17) is 4.74 Å². The molecule has 1 aliphatic rings. The summed E-state index contributed by atoms with van der Waals surface area (Å²) in [5.41, 5.74) is -1.53. The molecular formula is C16H24F3N5O2. The van der Waals surface area contributed by atoms with E-state index in [9.17, 15) is 18.0 Å². The van der Waals surface area contributed by atoms with Crippen LogP contribution in [0.3, 0.4) is 0 Å². The fourth-order valence-corrected chi connectivity index (χ4v) is 2.47. The van der Waals surface area contributed by atoms with E-state index < -0.39 is 17.4 Å². The highest BCUT2D eigenvalue weighted by Gasteiger charge is 2.33. The number of halogens is 3. The van der Waals surface area contributed by atoms with Gasteiger partial charge in [0.05, 0.1) is 5.54 Å². The molecule has 1 aliphatic heterocycles. The van der Waals surface area contributed by atoms with Gasteiger partial charge >= 0.3 is 6.18 Å². The molecule has 1 aromatic rings. The topological polar surface area (TPSA) is 91.4 Å². The molecule has 10 heteroatoms. The third-order valence-corrected chi connectivity index (χ3v) is 3.65. The lowest BCUT2D eigenvalue weighted by atomic mass is 9.96. The number of alkyl halides is 3. The second-order valence-electron chi connectivity index (χ2n) is 7.23. The molecule has 146 valence electrons. The largest absolute Gasteiger partial charge is 0.432 e. The first kappa shape index (κ1) is 20.2. The quantitative estimate of drug-likeness (QED) is 0.560. The van der Waals surface area contributed by atoms with E-state index in [0.717, 1.165) is 18.9 Å². The molecule has 0 aromatic carbocycles. The summed E-state index contributed by atoms with van der Waals surface area (Å²) in [5, 5.41) is 10.8. The Morgan fingerprint density at radius 3 is 2.54 bits per heavy atom. The Morgan fingerprint density at radius 1 is 1.35 bits per heavy atom. The zero-order valence-corrected chi connectivity index (χ0v) is 15.0. The number of carbonyl (C=O) groups excluding carboxylic acids is 1. The highest BCUT2D eigenvalue weighted by atomic mass is 19.4. The summed E-state index contributed by atoms with van der Waals surface area (Å²) in [6.45, 7) is 6.69. The number of carbonyl (C=O) groups is 1. The molecule has 3 N–H and O–H groups in total. The molecule has 0 unspecified atom stereocenters. The van der Waals surface area contributed by atoms with Crippen molar-refractivity contribution in [3.05, 3.63) is 11.8 Å². The monoisotopic (exact) mass is 375 g/mol. The molecule has 1 fully saturated rings. The van der Waals surface area contributed by atoms with Crippen LogP contribution in [0.2, 0.25) is 0 Å². The number of ether oxygens (including phenoxy) is 1. The van der Waals surface area contributed by atoms with Crippen molar-refractivity contribution < 1.29 is 22.7 Å². The summed E-state index contributed by atoms with van der Waals surface area (Å²) in [5.74, 6) is -0.0395. The minimum atomic E-state index is -4.53. The number of hydrogen-bond acceptors (Lipinski definition) is 4. The lowest BCUT2D eigenvalue weighted by Gasteiger charge is -2.22. The van der Waals surface area contributed by atoms with Crippen LogP contribution in [0.5, 0.6) is 0 Å². The second-order valence-corrected chi connectivity index (χ2v) is 7.23. The third-order valence-electron chi connectivity index (χ3n) is 3.65. The number of nitrogens with one attached hydrogen (secondary N) is 3. The van der Waals surface area contributed by atoms with Gasteiger partial charge in [0.25, 0.3) is 0 Å². The molecule has 0 bridgehead atoms. The molecule has 0 spiro atoms. The van der Waals surface area contributed by atoms with Crippen molar-refractivity contribution in [1.82, 2.24) is 15.5 Å². The van der Waals surface area contributed by atoms with Crippen LogP contribution in [-0.4, -0.2) is 40.8 Å². The van der Waals surface area contributed by atoms with Crippen molar-refractivity contribution in [2.24, 2.45) is 10.9 Å². The van der Waals surface area contributed by atoms with Crippen LogP contribution in [0, 0.1) is 5.92 Å². The van der Waals surface area contributed by atoms with Gasteiger partial charge in [-0.2, -0.15) is 18.3 Å². The number of amides is 1. The number of hydrogen-bond donors (Lipinski definition) is 3. The smallest absolute Gasteiger partial charge is 0.381 e. The Labute approximate surface area is 149 Å². The van der Waals surface area contributed by atoms with Crippen LogP contribution < -0.4 is 10.6 Å². The van der Waals surface area contributed by atoms with Crippen LogP contribution in [-0.2, 0) is 15.7 Å². The summed E-state index contributed by atoms with van der Waals surface area (Å²) in [6.07, 6.45) is -2.61. The predicted molar refractivity (Wildman–Crippen MR) is 90.7 cm³/mol. The van der Waals surface area contributed by atoms with E-state index in [1.807, 2.05) is 25.9 Å². The van der Waals surface area contributed by atoms with Gasteiger partial charge in [-0.25, -0.2) is 4.99 Å². The molecule has 2 rings (SSSR count). The van der Waals surface area contributed by atoms with Crippen molar-refractivity contribution in [3.63, 3.8) is 0 Å². The number of aromatic nitrogens is 2. The SMILES string of the molecule is CC(C)(C)N=C(NC(=O)CC1CCOCC1)Nc1cc(C(F)(F)F)[nH]n1. The van der Waals surface area contributed by atoms with Crippen LogP contribution in [0.15, 0.2) is 11.1 Å². The average Bonchev–Trinajstić information content (AvgIpc) is 2.95.